The third kappa shape index (κ3) is 20.6. The van der Waals surface area contributed by atoms with Gasteiger partial charge in [0.1, 0.15) is 12.2 Å². The zero-order valence-electron chi connectivity index (χ0n) is 30.3. The smallest absolute Gasteiger partial charge is 0.169 e. The Balaban J connectivity index is 1.50. The number of rotatable bonds is 30. The number of likely N-dealkylation sites (N-methyl/N-ethyl adjacent to an activating group) is 1. The lowest BCUT2D eigenvalue weighted by Crippen LogP contribution is -2.34. The molecule has 0 aromatic rings. The maximum Gasteiger partial charge on any atom is 0.169 e. The van der Waals surface area contributed by atoms with Crippen LogP contribution in [0.3, 0.4) is 0 Å². The lowest BCUT2D eigenvalue weighted by Gasteiger charge is -2.30. The van der Waals surface area contributed by atoms with Crippen LogP contribution in [0, 0.1) is 0 Å². The van der Waals surface area contributed by atoms with Gasteiger partial charge in [0.2, 0.25) is 0 Å². The van der Waals surface area contributed by atoms with Gasteiger partial charge >= 0.3 is 0 Å². The van der Waals surface area contributed by atoms with E-state index in [0.29, 0.717) is 0 Å². The van der Waals surface area contributed by atoms with E-state index in [9.17, 15) is 0 Å². The molecule has 0 spiro atoms. The standard InChI is InChI=1S/C42H75NO2/c1-4-6-8-10-12-14-16-18-20-22-24-26-28-30-32-34-36-42(44-40-38-43(3)39-41(40)45-42)37-35-33-31-29-27-25-23-21-19-17-15-13-11-9-7-5-2/h12-15,18-21,40-41H,4-11,16-17,22-39H2,1-3H3/b14-12+,15-13+,20-18+,21-19+/t40-,41+. The summed E-state index contributed by atoms with van der Waals surface area (Å²) in [6.07, 6.45) is 52.7. The summed E-state index contributed by atoms with van der Waals surface area (Å²) in [4.78, 5) is 2.36. The van der Waals surface area contributed by atoms with Crippen molar-refractivity contribution < 1.29 is 9.47 Å². The van der Waals surface area contributed by atoms with Crippen molar-refractivity contribution in [2.75, 3.05) is 20.1 Å². The molecule has 0 bridgehead atoms. The number of likely N-dealkylation sites (tertiary alicyclic amines) is 1. The number of ether oxygens (including phenoxy) is 2. The Labute approximate surface area is 281 Å². The second-order valence-electron chi connectivity index (χ2n) is 14.1. The number of unbranched alkanes of at least 4 members (excludes halogenated alkanes) is 18. The van der Waals surface area contributed by atoms with Crippen LogP contribution < -0.4 is 0 Å². The normalized spacial score (nSPS) is 20.2. The van der Waals surface area contributed by atoms with Crippen molar-refractivity contribution in [3.05, 3.63) is 48.6 Å². The van der Waals surface area contributed by atoms with E-state index in [2.05, 4.69) is 74.4 Å². The number of nitrogens with zero attached hydrogens (tertiary/aromatic N) is 1. The molecule has 0 N–H and O–H groups in total. The van der Waals surface area contributed by atoms with Gasteiger partial charge in [-0.2, -0.15) is 0 Å². The van der Waals surface area contributed by atoms with E-state index in [1.165, 1.54) is 141 Å². The van der Waals surface area contributed by atoms with E-state index >= 15 is 0 Å². The van der Waals surface area contributed by atoms with E-state index in [-0.39, 0.29) is 18.0 Å². The molecular weight excluding hydrogens is 550 g/mol. The summed E-state index contributed by atoms with van der Waals surface area (Å²) in [6.45, 7) is 6.59. The van der Waals surface area contributed by atoms with Crippen LogP contribution in [0.15, 0.2) is 48.6 Å². The SMILES string of the molecule is CCCCC/C=C/C/C=C/CCCCCCCCC1(CCCCCCCC/C=C/C/C=C/CCCCC)O[C@H]2CN(C)C[C@H]2O1. The summed E-state index contributed by atoms with van der Waals surface area (Å²) in [5.74, 6) is -0.304. The van der Waals surface area contributed by atoms with Crippen molar-refractivity contribution in [3.8, 4) is 0 Å². The average molecular weight is 626 g/mol. The quantitative estimate of drug-likeness (QED) is 0.0585. The van der Waals surface area contributed by atoms with Crippen LogP contribution in [0.25, 0.3) is 0 Å². The Bertz CT molecular complexity index is 720. The van der Waals surface area contributed by atoms with E-state index in [1.807, 2.05) is 0 Å². The van der Waals surface area contributed by atoms with Gasteiger partial charge < -0.3 is 14.4 Å². The van der Waals surface area contributed by atoms with Crippen molar-refractivity contribution in [1.29, 1.82) is 0 Å². The van der Waals surface area contributed by atoms with E-state index < -0.39 is 0 Å². The minimum Gasteiger partial charge on any atom is -0.343 e. The Morgan fingerprint density at radius 2 is 0.800 bits per heavy atom. The zero-order valence-corrected chi connectivity index (χ0v) is 30.3. The molecule has 0 aliphatic carbocycles. The molecule has 260 valence electrons. The van der Waals surface area contributed by atoms with Crippen LogP contribution in [0.4, 0.5) is 0 Å². The topological polar surface area (TPSA) is 21.7 Å². The molecule has 2 heterocycles. The predicted molar refractivity (Wildman–Crippen MR) is 198 cm³/mol. The molecule has 0 aromatic heterocycles. The first-order chi connectivity index (χ1) is 22.2. The molecular formula is C42H75NO2. The highest BCUT2D eigenvalue weighted by Gasteiger charge is 2.49. The first kappa shape index (κ1) is 40.0. The van der Waals surface area contributed by atoms with Crippen molar-refractivity contribution >= 4 is 0 Å². The highest BCUT2D eigenvalue weighted by molar-refractivity contribution is 4.95. The molecule has 0 unspecified atom stereocenters. The lowest BCUT2D eigenvalue weighted by molar-refractivity contribution is -0.193. The molecule has 2 atom stereocenters. The maximum atomic E-state index is 6.70. The predicted octanol–water partition coefficient (Wildman–Crippen LogP) is 12.8. The Morgan fingerprint density at radius 1 is 0.467 bits per heavy atom. The average Bonchev–Trinajstić information content (AvgIpc) is 3.54. The first-order valence-corrected chi connectivity index (χ1v) is 19.8. The van der Waals surface area contributed by atoms with E-state index in [1.54, 1.807) is 0 Å². The zero-order chi connectivity index (χ0) is 32.1. The van der Waals surface area contributed by atoms with Crippen LogP contribution in [-0.4, -0.2) is 43.0 Å². The summed E-state index contributed by atoms with van der Waals surface area (Å²) in [7, 11) is 2.19. The van der Waals surface area contributed by atoms with Crippen molar-refractivity contribution in [2.45, 2.75) is 199 Å². The van der Waals surface area contributed by atoms with Crippen LogP contribution in [0.2, 0.25) is 0 Å². The molecule has 2 rings (SSSR count). The molecule has 0 radical (unpaired) electrons. The van der Waals surface area contributed by atoms with Gasteiger partial charge in [-0.3, -0.25) is 0 Å². The van der Waals surface area contributed by atoms with Crippen molar-refractivity contribution in [2.24, 2.45) is 0 Å². The number of allylic oxidation sites excluding steroid dienone is 8. The molecule has 2 aliphatic heterocycles. The molecule has 0 saturated carbocycles. The van der Waals surface area contributed by atoms with Gasteiger partial charge in [0, 0.05) is 25.9 Å². The van der Waals surface area contributed by atoms with Crippen LogP contribution in [-0.2, 0) is 9.47 Å². The number of hydrogen-bond acceptors (Lipinski definition) is 3. The van der Waals surface area contributed by atoms with E-state index in [0.717, 1.165) is 38.8 Å². The number of fused-ring (bicyclic) bond motifs is 1. The van der Waals surface area contributed by atoms with E-state index in [4.69, 9.17) is 9.47 Å². The molecule has 2 saturated heterocycles. The van der Waals surface area contributed by atoms with Gasteiger partial charge in [0.15, 0.2) is 5.79 Å². The van der Waals surface area contributed by atoms with Gasteiger partial charge in [-0.25, -0.2) is 0 Å². The molecule has 2 aliphatic rings. The second kappa shape index (κ2) is 27.9. The number of hydrogen-bond donors (Lipinski definition) is 0. The van der Waals surface area contributed by atoms with Gasteiger partial charge in [0.25, 0.3) is 0 Å². The molecule has 3 heteroatoms. The summed E-state index contributed by atoms with van der Waals surface area (Å²) in [6, 6.07) is 0. The molecule has 0 amide bonds. The Kier molecular flexibility index (Phi) is 24.8. The fourth-order valence-electron chi connectivity index (χ4n) is 6.86. The fraction of sp³-hybridized carbons (Fsp3) is 0.810. The monoisotopic (exact) mass is 626 g/mol. The summed E-state index contributed by atoms with van der Waals surface area (Å²) >= 11 is 0. The highest BCUT2D eigenvalue weighted by atomic mass is 16.8. The summed E-state index contributed by atoms with van der Waals surface area (Å²) < 4.78 is 13.4. The third-order valence-corrected chi connectivity index (χ3v) is 9.65. The van der Waals surface area contributed by atoms with Gasteiger partial charge in [-0.05, 0) is 84.1 Å². The van der Waals surface area contributed by atoms with Crippen LogP contribution >= 0.6 is 0 Å². The minimum atomic E-state index is -0.304. The minimum absolute atomic E-state index is 0.282. The molecule has 0 aromatic carbocycles. The summed E-state index contributed by atoms with van der Waals surface area (Å²) in [5, 5.41) is 0. The maximum absolute atomic E-state index is 6.70. The lowest BCUT2D eigenvalue weighted by atomic mass is 9.98. The molecule has 2 fully saturated rings. The van der Waals surface area contributed by atoms with Crippen molar-refractivity contribution in [1.82, 2.24) is 4.90 Å². The summed E-state index contributed by atoms with van der Waals surface area (Å²) in [5.41, 5.74) is 0. The van der Waals surface area contributed by atoms with Gasteiger partial charge in [-0.15, -0.1) is 0 Å². The highest BCUT2D eigenvalue weighted by Crippen LogP contribution is 2.40. The van der Waals surface area contributed by atoms with Gasteiger partial charge in [-0.1, -0.05) is 140 Å². The Hall–Kier alpha value is -1.16. The largest absolute Gasteiger partial charge is 0.343 e. The Morgan fingerprint density at radius 3 is 1.18 bits per heavy atom. The van der Waals surface area contributed by atoms with Crippen molar-refractivity contribution in [3.63, 3.8) is 0 Å². The van der Waals surface area contributed by atoms with Crippen LogP contribution in [0.1, 0.15) is 181 Å². The second-order valence-corrected chi connectivity index (χ2v) is 14.1. The fourth-order valence-corrected chi connectivity index (χ4v) is 6.86. The third-order valence-electron chi connectivity index (χ3n) is 9.65. The van der Waals surface area contributed by atoms with Gasteiger partial charge in [0.05, 0.1) is 0 Å². The first-order valence-electron chi connectivity index (χ1n) is 19.8. The molecule has 3 nitrogen and oxygen atoms in total. The van der Waals surface area contributed by atoms with Crippen LogP contribution in [0.5, 0.6) is 0 Å². The molecule has 45 heavy (non-hydrogen) atoms.